The van der Waals surface area contributed by atoms with Crippen LogP contribution in [0.1, 0.15) is 26.8 Å². The van der Waals surface area contributed by atoms with Crippen LogP contribution in [0.3, 0.4) is 0 Å². The molecule has 154 valence electrons. The minimum absolute atomic E-state index is 0.0521. The minimum atomic E-state index is -0.363. The lowest BCUT2D eigenvalue weighted by molar-refractivity contribution is 0.0917. The van der Waals surface area contributed by atoms with Gasteiger partial charge in [0, 0.05) is 22.4 Å². The maximum Gasteiger partial charge on any atom is 0.287 e. The predicted octanol–water partition coefficient (Wildman–Crippen LogP) is 4.00. The standard InChI is InChI=1S/C22H16N4O4S/c1-26-15-9-8-13(11-18(15)31-17-7-3-2-5-14(17)22(26)28)20-24-19(30-25-20)12-23-21(27)16-6-4-10-29-16/h2-11H,12H2,1H3,(H,23,27). The van der Waals surface area contributed by atoms with E-state index in [1.807, 2.05) is 42.5 Å². The molecule has 5 rings (SSSR count). The summed E-state index contributed by atoms with van der Waals surface area (Å²) in [6.07, 6.45) is 1.43. The van der Waals surface area contributed by atoms with Crippen LogP contribution < -0.4 is 10.2 Å². The molecule has 0 fully saturated rings. The Kier molecular flexibility index (Phi) is 4.79. The fraction of sp³-hybridized carbons (Fsp3) is 0.0909. The van der Waals surface area contributed by atoms with Crippen molar-refractivity contribution in [1.82, 2.24) is 15.5 Å². The van der Waals surface area contributed by atoms with Crippen LogP contribution in [0.2, 0.25) is 0 Å². The van der Waals surface area contributed by atoms with Crippen LogP contribution in [0.5, 0.6) is 0 Å². The van der Waals surface area contributed by atoms with Crippen molar-refractivity contribution in [2.75, 3.05) is 11.9 Å². The van der Waals surface area contributed by atoms with Crippen molar-refractivity contribution >= 4 is 29.3 Å². The first-order valence-electron chi connectivity index (χ1n) is 9.44. The van der Waals surface area contributed by atoms with Gasteiger partial charge in [-0.3, -0.25) is 9.59 Å². The van der Waals surface area contributed by atoms with Crippen LogP contribution in [0.15, 0.2) is 79.6 Å². The van der Waals surface area contributed by atoms with Gasteiger partial charge in [-0.15, -0.1) is 0 Å². The van der Waals surface area contributed by atoms with Crippen molar-refractivity contribution in [2.24, 2.45) is 0 Å². The molecule has 2 amide bonds. The zero-order valence-electron chi connectivity index (χ0n) is 16.4. The summed E-state index contributed by atoms with van der Waals surface area (Å²) in [5.41, 5.74) is 2.23. The van der Waals surface area contributed by atoms with Gasteiger partial charge in [-0.05, 0) is 42.5 Å². The largest absolute Gasteiger partial charge is 0.459 e. The normalized spacial score (nSPS) is 12.8. The fourth-order valence-electron chi connectivity index (χ4n) is 3.25. The zero-order valence-corrected chi connectivity index (χ0v) is 17.2. The highest BCUT2D eigenvalue weighted by atomic mass is 32.2. The first-order valence-corrected chi connectivity index (χ1v) is 10.3. The lowest BCUT2D eigenvalue weighted by Gasteiger charge is -2.17. The number of aromatic nitrogens is 2. The summed E-state index contributed by atoms with van der Waals surface area (Å²) in [5, 5.41) is 6.70. The highest BCUT2D eigenvalue weighted by Crippen LogP contribution is 2.42. The average molecular weight is 432 g/mol. The molecule has 9 heteroatoms. The van der Waals surface area contributed by atoms with Gasteiger partial charge in [-0.2, -0.15) is 4.98 Å². The molecule has 0 bridgehead atoms. The summed E-state index contributed by atoms with van der Waals surface area (Å²) in [5.74, 6) is 0.468. The Balaban J connectivity index is 1.39. The minimum Gasteiger partial charge on any atom is -0.459 e. The second-order valence-corrected chi connectivity index (χ2v) is 7.90. The molecule has 0 saturated heterocycles. The van der Waals surface area contributed by atoms with Gasteiger partial charge in [-0.25, -0.2) is 0 Å². The summed E-state index contributed by atoms with van der Waals surface area (Å²) < 4.78 is 10.3. The maximum absolute atomic E-state index is 12.8. The molecular formula is C22H16N4O4S. The van der Waals surface area contributed by atoms with E-state index < -0.39 is 0 Å². The van der Waals surface area contributed by atoms with Crippen LogP contribution >= 0.6 is 11.8 Å². The Morgan fingerprint density at radius 1 is 1.13 bits per heavy atom. The number of carbonyl (C=O) groups excluding carboxylic acids is 2. The molecule has 31 heavy (non-hydrogen) atoms. The first-order chi connectivity index (χ1) is 15.1. The Hall–Kier alpha value is -3.85. The quantitative estimate of drug-likeness (QED) is 0.520. The number of rotatable bonds is 4. The molecule has 1 aliphatic rings. The van der Waals surface area contributed by atoms with E-state index in [-0.39, 0.29) is 30.0 Å². The fourth-order valence-corrected chi connectivity index (χ4v) is 4.39. The number of benzene rings is 2. The number of anilines is 1. The van der Waals surface area contributed by atoms with E-state index in [4.69, 9.17) is 8.94 Å². The van der Waals surface area contributed by atoms with Crippen LogP contribution in [0.25, 0.3) is 11.4 Å². The van der Waals surface area contributed by atoms with E-state index in [9.17, 15) is 9.59 Å². The number of nitrogens with one attached hydrogen (secondary N) is 1. The molecule has 4 aromatic rings. The lowest BCUT2D eigenvalue weighted by atomic mass is 10.1. The van der Waals surface area contributed by atoms with Gasteiger partial charge in [-0.1, -0.05) is 29.1 Å². The number of hydrogen-bond donors (Lipinski definition) is 1. The van der Waals surface area contributed by atoms with Crippen LogP contribution in [0.4, 0.5) is 5.69 Å². The van der Waals surface area contributed by atoms with Crippen molar-refractivity contribution < 1.29 is 18.5 Å². The highest BCUT2D eigenvalue weighted by Gasteiger charge is 2.25. The third kappa shape index (κ3) is 3.59. The van der Waals surface area contributed by atoms with E-state index in [2.05, 4.69) is 15.5 Å². The van der Waals surface area contributed by atoms with Gasteiger partial charge in [0.05, 0.1) is 24.1 Å². The van der Waals surface area contributed by atoms with Crippen LogP contribution in [-0.2, 0) is 6.54 Å². The predicted molar refractivity (Wildman–Crippen MR) is 113 cm³/mol. The molecule has 0 unspecified atom stereocenters. The first kappa shape index (κ1) is 19.1. The molecular weight excluding hydrogens is 416 g/mol. The summed E-state index contributed by atoms with van der Waals surface area (Å²) in [4.78, 5) is 32.6. The van der Waals surface area contributed by atoms with Crippen molar-refractivity contribution in [2.45, 2.75) is 16.3 Å². The van der Waals surface area contributed by atoms with Crippen molar-refractivity contribution in [3.8, 4) is 11.4 Å². The van der Waals surface area contributed by atoms with E-state index >= 15 is 0 Å². The number of nitrogens with zero attached hydrogens (tertiary/aromatic N) is 3. The Labute approximate surface area is 181 Å². The second kappa shape index (κ2) is 7.77. The Bertz CT molecular complexity index is 1280. The number of carbonyl (C=O) groups is 2. The molecule has 1 N–H and O–H groups in total. The summed E-state index contributed by atoms with van der Waals surface area (Å²) in [6.45, 7) is 0.0802. The maximum atomic E-state index is 12.8. The molecule has 8 nitrogen and oxygen atoms in total. The van der Waals surface area contributed by atoms with Crippen LogP contribution in [0, 0.1) is 0 Å². The Morgan fingerprint density at radius 2 is 2.00 bits per heavy atom. The molecule has 0 saturated carbocycles. The number of hydrogen-bond acceptors (Lipinski definition) is 7. The zero-order chi connectivity index (χ0) is 21.4. The van der Waals surface area contributed by atoms with E-state index in [1.54, 1.807) is 24.1 Å². The summed E-state index contributed by atoms with van der Waals surface area (Å²) in [7, 11) is 1.76. The third-order valence-electron chi connectivity index (χ3n) is 4.83. The van der Waals surface area contributed by atoms with Gasteiger partial charge in [0.25, 0.3) is 11.8 Å². The van der Waals surface area contributed by atoms with Crippen molar-refractivity contribution in [1.29, 1.82) is 0 Å². The van der Waals surface area contributed by atoms with E-state index in [1.165, 1.54) is 18.0 Å². The van der Waals surface area contributed by atoms with Gasteiger partial charge in [0.1, 0.15) is 0 Å². The highest BCUT2D eigenvalue weighted by molar-refractivity contribution is 7.99. The second-order valence-electron chi connectivity index (χ2n) is 6.82. The lowest BCUT2D eigenvalue weighted by Crippen LogP contribution is -2.25. The summed E-state index contributed by atoms with van der Waals surface area (Å²) in [6, 6.07) is 16.4. The summed E-state index contributed by atoms with van der Waals surface area (Å²) >= 11 is 1.52. The van der Waals surface area contributed by atoms with Gasteiger partial charge in [0.15, 0.2) is 5.76 Å². The molecule has 2 aromatic heterocycles. The molecule has 2 aromatic carbocycles. The molecule has 0 radical (unpaired) electrons. The molecule has 0 spiro atoms. The van der Waals surface area contributed by atoms with Gasteiger partial charge in [0.2, 0.25) is 11.7 Å². The third-order valence-corrected chi connectivity index (χ3v) is 5.96. The monoisotopic (exact) mass is 432 g/mol. The van der Waals surface area contributed by atoms with Crippen LogP contribution in [-0.4, -0.2) is 29.0 Å². The number of furan rings is 1. The van der Waals surface area contributed by atoms with Crippen molar-refractivity contribution in [3.63, 3.8) is 0 Å². The average Bonchev–Trinajstić information content (AvgIpc) is 3.48. The smallest absolute Gasteiger partial charge is 0.287 e. The molecule has 3 heterocycles. The molecule has 0 aliphatic carbocycles. The Morgan fingerprint density at radius 3 is 2.84 bits per heavy atom. The topological polar surface area (TPSA) is 101 Å². The number of fused-ring (bicyclic) bond motifs is 2. The van der Waals surface area contributed by atoms with Crippen molar-refractivity contribution in [3.05, 3.63) is 78.1 Å². The van der Waals surface area contributed by atoms with E-state index in [0.717, 1.165) is 21.0 Å². The molecule has 1 aliphatic heterocycles. The van der Waals surface area contributed by atoms with E-state index in [0.29, 0.717) is 11.4 Å². The van der Waals surface area contributed by atoms with Gasteiger partial charge >= 0.3 is 0 Å². The van der Waals surface area contributed by atoms with Gasteiger partial charge < -0.3 is 19.2 Å². The SMILES string of the molecule is CN1C(=O)c2ccccc2Sc2cc(-c3noc(CNC(=O)c4ccco4)n3)ccc21. The molecule has 0 atom stereocenters. The number of amides is 2.